The van der Waals surface area contributed by atoms with Crippen molar-refractivity contribution in [2.45, 2.75) is 19.9 Å². The molecule has 2 aromatic carbocycles. The minimum Gasteiger partial charge on any atom is -0.497 e. The van der Waals surface area contributed by atoms with Crippen molar-refractivity contribution in [3.63, 3.8) is 0 Å². The van der Waals surface area contributed by atoms with E-state index in [1.165, 1.54) is 0 Å². The van der Waals surface area contributed by atoms with Gasteiger partial charge in [0.05, 0.1) is 26.4 Å². The van der Waals surface area contributed by atoms with Gasteiger partial charge in [0, 0.05) is 5.56 Å². The molecule has 3 aromatic rings. The number of aromatic nitrogens is 3. The summed E-state index contributed by atoms with van der Waals surface area (Å²) < 4.78 is 16.4. The van der Waals surface area contributed by atoms with E-state index in [1.54, 1.807) is 7.11 Å². The number of aromatic amines is 1. The zero-order chi connectivity index (χ0) is 19.2. The van der Waals surface area contributed by atoms with Gasteiger partial charge in [0.15, 0.2) is 17.3 Å². The SMILES string of the molecule is CCOc1ccc(-c2n[nH]c([C@@H](N)c3ccc(OC)cc3)n2)cc1OCC. The number of hydrogen-bond donors (Lipinski definition) is 2. The van der Waals surface area contributed by atoms with E-state index in [4.69, 9.17) is 19.9 Å². The van der Waals surface area contributed by atoms with Gasteiger partial charge in [-0.1, -0.05) is 12.1 Å². The minimum absolute atomic E-state index is 0.411. The van der Waals surface area contributed by atoms with Crippen LogP contribution in [0, 0.1) is 0 Å². The lowest BCUT2D eigenvalue weighted by Gasteiger charge is -2.11. The molecule has 0 saturated heterocycles. The third-order valence-electron chi connectivity index (χ3n) is 4.07. The van der Waals surface area contributed by atoms with Gasteiger partial charge in [0.2, 0.25) is 0 Å². The molecule has 3 rings (SSSR count). The number of H-pyrrole nitrogens is 1. The zero-order valence-electron chi connectivity index (χ0n) is 15.7. The summed E-state index contributed by atoms with van der Waals surface area (Å²) in [6.45, 7) is 4.99. The molecule has 0 saturated carbocycles. The van der Waals surface area contributed by atoms with E-state index in [0.29, 0.717) is 36.4 Å². The molecule has 1 atom stereocenters. The number of nitrogens with one attached hydrogen (secondary N) is 1. The standard InChI is InChI=1S/C20H24N4O3/c1-4-26-16-11-8-14(12-17(16)27-5-2)19-22-20(24-23-19)18(21)13-6-9-15(25-3)10-7-13/h6-12,18H,4-5,21H2,1-3H3,(H,22,23,24)/t18-/m0/s1. The normalized spacial score (nSPS) is 11.9. The van der Waals surface area contributed by atoms with Gasteiger partial charge in [-0.3, -0.25) is 5.10 Å². The second-order valence-electron chi connectivity index (χ2n) is 5.82. The number of nitrogens with zero attached hydrogens (tertiary/aromatic N) is 2. The molecular formula is C20H24N4O3. The van der Waals surface area contributed by atoms with Crippen molar-refractivity contribution in [3.8, 4) is 28.6 Å². The van der Waals surface area contributed by atoms with Gasteiger partial charge in [0.25, 0.3) is 0 Å². The van der Waals surface area contributed by atoms with E-state index in [2.05, 4.69) is 15.2 Å². The van der Waals surface area contributed by atoms with E-state index >= 15 is 0 Å². The summed E-state index contributed by atoms with van der Waals surface area (Å²) >= 11 is 0. The Hall–Kier alpha value is -3.06. The quantitative estimate of drug-likeness (QED) is 0.633. The Balaban J connectivity index is 1.85. The summed E-state index contributed by atoms with van der Waals surface area (Å²) in [5, 5.41) is 7.24. The van der Waals surface area contributed by atoms with Crippen molar-refractivity contribution in [2.75, 3.05) is 20.3 Å². The highest BCUT2D eigenvalue weighted by Gasteiger charge is 2.16. The molecular weight excluding hydrogens is 344 g/mol. The summed E-state index contributed by atoms with van der Waals surface area (Å²) in [6, 6.07) is 12.8. The topological polar surface area (TPSA) is 95.3 Å². The van der Waals surface area contributed by atoms with Crippen LogP contribution in [0.1, 0.15) is 31.3 Å². The van der Waals surface area contributed by atoms with Gasteiger partial charge >= 0.3 is 0 Å². The molecule has 142 valence electrons. The Morgan fingerprint density at radius 1 is 1.00 bits per heavy atom. The summed E-state index contributed by atoms with van der Waals surface area (Å²) in [5.74, 6) is 3.29. The van der Waals surface area contributed by atoms with Crippen molar-refractivity contribution in [1.29, 1.82) is 0 Å². The van der Waals surface area contributed by atoms with E-state index in [9.17, 15) is 0 Å². The number of rotatable bonds is 8. The highest BCUT2D eigenvalue weighted by atomic mass is 16.5. The van der Waals surface area contributed by atoms with Crippen LogP contribution in [0.15, 0.2) is 42.5 Å². The van der Waals surface area contributed by atoms with Gasteiger partial charge < -0.3 is 19.9 Å². The third kappa shape index (κ3) is 4.20. The predicted octanol–water partition coefficient (Wildman–Crippen LogP) is 3.33. The lowest BCUT2D eigenvalue weighted by atomic mass is 10.1. The first-order valence-corrected chi connectivity index (χ1v) is 8.88. The van der Waals surface area contributed by atoms with Gasteiger partial charge in [-0.05, 0) is 49.7 Å². The second kappa shape index (κ2) is 8.55. The fourth-order valence-electron chi connectivity index (χ4n) is 2.70. The highest BCUT2D eigenvalue weighted by molar-refractivity contribution is 5.61. The van der Waals surface area contributed by atoms with Crippen LogP contribution < -0.4 is 19.9 Å². The summed E-state index contributed by atoms with van der Waals surface area (Å²) in [7, 11) is 1.63. The van der Waals surface area contributed by atoms with Gasteiger partial charge in [0.1, 0.15) is 11.6 Å². The molecule has 7 nitrogen and oxygen atoms in total. The molecule has 0 amide bonds. The molecule has 0 unspecified atom stereocenters. The lowest BCUT2D eigenvalue weighted by molar-refractivity contribution is 0.288. The number of nitrogens with two attached hydrogens (primary N) is 1. The Kier molecular flexibility index (Phi) is 5.93. The summed E-state index contributed by atoms with van der Waals surface area (Å²) in [5.41, 5.74) is 8.06. The van der Waals surface area contributed by atoms with Crippen LogP contribution in [-0.4, -0.2) is 35.5 Å². The van der Waals surface area contributed by atoms with E-state index < -0.39 is 6.04 Å². The van der Waals surface area contributed by atoms with E-state index in [0.717, 1.165) is 16.9 Å². The van der Waals surface area contributed by atoms with Crippen molar-refractivity contribution in [3.05, 3.63) is 53.9 Å². The van der Waals surface area contributed by atoms with E-state index in [-0.39, 0.29) is 0 Å². The van der Waals surface area contributed by atoms with Crippen molar-refractivity contribution >= 4 is 0 Å². The molecule has 0 aliphatic rings. The van der Waals surface area contributed by atoms with Crippen LogP contribution >= 0.6 is 0 Å². The summed E-state index contributed by atoms with van der Waals surface area (Å²) in [6.07, 6.45) is 0. The molecule has 0 radical (unpaired) electrons. The molecule has 0 spiro atoms. The van der Waals surface area contributed by atoms with Crippen molar-refractivity contribution in [2.24, 2.45) is 5.73 Å². The van der Waals surface area contributed by atoms with Crippen LogP contribution in [0.3, 0.4) is 0 Å². The molecule has 1 heterocycles. The van der Waals surface area contributed by atoms with Crippen LogP contribution in [0.2, 0.25) is 0 Å². The average molecular weight is 368 g/mol. The molecule has 27 heavy (non-hydrogen) atoms. The molecule has 3 N–H and O–H groups in total. The lowest BCUT2D eigenvalue weighted by Crippen LogP contribution is -2.13. The monoisotopic (exact) mass is 368 g/mol. The maximum atomic E-state index is 6.32. The first-order chi connectivity index (χ1) is 13.2. The average Bonchev–Trinajstić information content (AvgIpc) is 3.19. The smallest absolute Gasteiger partial charge is 0.181 e. The van der Waals surface area contributed by atoms with Crippen LogP contribution in [-0.2, 0) is 0 Å². The molecule has 0 aliphatic heterocycles. The number of ether oxygens (including phenoxy) is 3. The Morgan fingerprint density at radius 2 is 1.70 bits per heavy atom. The second-order valence-corrected chi connectivity index (χ2v) is 5.82. The molecule has 0 aliphatic carbocycles. The van der Waals surface area contributed by atoms with Crippen LogP contribution in [0.5, 0.6) is 17.2 Å². The summed E-state index contributed by atoms with van der Waals surface area (Å²) in [4.78, 5) is 4.56. The fourth-order valence-corrected chi connectivity index (χ4v) is 2.70. The largest absolute Gasteiger partial charge is 0.497 e. The number of benzene rings is 2. The maximum absolute atomic E-state index is 6.32. The third-order valence-corrected chi connectivity index (χ3v) is 4.07. The first kappa shape index (κ1) is 18.7. The maximum Gasteiger partial charge on any atom is 0.181 e. The first-order valence-electron chi connectivity index (χ1n) is 8.88. The van der Waals surface area contributed by atoms with Crippen molar-refractivity contribution < 1.29 is 14.2 Å². The predicted molar refractivity (Wildman–Crippen MR) is 103 cm³/mol. The molecule has 0 fully saturated rings. The van der Waals surface area contributed by atoms with Crippen molar-refractivity contribution in [1.82, 2.24) is 15.2 Å². The Labute approximate surface area is 158 Å². The van der Waals surface area contributed by atoms with Gasteiger partial charge in [-0.2, -0.15) is 5.10 Å². The van der Waals surface area contributed by atoms with Gasteiger partial charge in [-0.25, -0.2) is 4.98 Å². The molecule has 0 bridgehead atoms. The fraction of sp³-hybridized carbons (Fsp3) is 0.300. The number of hydrogen-bond acceptors (Lipinski definition) is 6. The number of methoxy groups -OCH3 is 1. The molecule has 7 heteroatoms. The van der Waals surface area contributed by atoms with Crippen LogP contribution in [0.25, 0.3) is 11.4 Å². The zero-order valence-corrected chi connectivity index (χ0v) is 15.7. The Morgan fingerprint density at radius 3 is 2.37 bits per heavy atom. The van der Waals surface area contributed by atoms with E-state index in [1.807, 2.05) is 56.3 Å². The van der Waals surface area contributed by atoms with Crippen LogP contribution in [0.4, 0.5) is 0 Å². The van der Waals surface area contributed by atoms with Gasteiger partial charge in [-0.15, -0.1) is 0 Å². The molecule has 1 aromatic heterocycles. The minimum atomic E-state index is -0.411. The Bertz CT molecular complexity index is 877. The highest BCUT2D eigenvalue weighted by Crippen LogP contribution is 2.32.